The van der Waals surface area contributed by atoms with Crippen LogP contribution >= 0.6 is 0 Å². The average molecular weight is 242 g/mol. The van der Waals surface area contributed by atoms with E-state index in [1.165, 1.54) is 0 Å². The van der Waals surface area contributed by atoms with E-state index in [2.05, 4.69) is 0 Å². The summed E-state index contributed by atoms with van der Waals surface area (Å²) in [5.41, 5.74) is 0. The van der Waals surface area contributed by atoms with Crippen molar-refractivity contribution in [2.45, 2.75) is 0 Å². The van der Waals surface area contributed by atoms with Crippen LogP contribution in [0.1, 0.15) is 0 Å². The van der Waals surface area contributed by atoms with Gasteiger partial charge in [0.15, 0.2) is 0 Å². The van der Waals surface area contributed by atoms with E-state index in [1.54, 1.807) is 0 Å². The predicted molar refractivity (Wildman–Crippen MR) is 5.24 cm³/mol. The third kappa shape index (κ3) is 119. The van der Waals surface area contributed by atoms with Crippen LogP contribution in [0.25, 0.3) is 0 Å². The average Bonchev–Trinajstić information content (AvgIpc) is 0. The Kier molecular flexibility index (Phi) is 6130. The summed E-state index contributed by atoms with van der Waals surface area (Å²) in [6.07, 6.45) is 0. The quantitative estimate of drug-likeness (QED) is 0.527. The van der Waals surface area contributed by atoms with E-state index in [1.807, 2.05) is 0 Å². The van der Waals surface area contributed by atoms with E-state index >= 15 is 0 Å². The van der Waals surface area contributed by atoms with Crippen LogP contribution in [0, 0.1) is 0 Å². The van der Waals surface area contributed by atoms with Crippen molar-refractivity contribution in [1.29, 1.82) is 0 Å². The minimum atomic E-state index is 0. The molecular formula is H2Ni3O4. The number of rotatable bonds is 0. The van der Waals surface area contributed by atoms with Gasteiger partial charge in [-0.1, -0.05) is 0 Å². The summed E-state index contributed by atoms with van der Waals surface area (Å²) in [6, 6.07) is 0. The second-order valence-corrected chi connectivity index (χ2v) is 0. The molecule has 0 atom stereocenters. The molecule has 0 aliphatic rings. The van der Waals surface area contributed by atoms with E-state index in [0.29, 0.717) is 0 Å². The molecule has 0 unspecified atom stereocenters. The molecule has 0 spiro atoms. The van der Waals surface area contributed by atoms with Gasteiger partial charge in [-0.2, -0.15) is 0 Å². The monoisotopic (exact) mass is 240 g/mol. The van der Waals surface area contributed by atoms with E-state index in [-0.39, 0.29) is 71.4 Å². The SMILES string of the molecule is [Ni+2].[Ni+2].[Ni+2].[O-2].[O-2].[OH-].[OH-]. The van der Waals surface area contributed by atoms with Gasteiger partial charge < -0.3 is 21.9 Å². The van der Waals surface area contributed by atoms with Crippen LogP contribution in [0.4, 0.5) is 0 Å². The zero-order valence-corrected chi connectivity index (χ0v) is 5.62. The van der Waals surface area contributed by atoms with Gasteiger partial charge in [-0.25, -0.2) is 0 Å². The molecular weight excluding hydrogens is 240 g/mol. The third-order valence-electron chi connectivity index (χ3n) is 0. The van der Waals surface area contributed by atoms with Crippen LogP contribution in [0.5, 0.6) is 0 Å². The van der Waals surface area contributed by atoms with Gasteiger partial charge in [-0.3, -0.25) is 0 Å². The predicted octanol–water partition coefficient (Wildman–Crippen LogP) is -0.599. The molecule has 2 N–H and O–H groups in total. The number of hydrogen-bond donors (Lipinski definition) is 0. The van der Waals surface area contributed by atoms with Crippen LogP contribution in [0.15, 0.2) is 0 Å². The van der Waals surface area contributed by atoms with Crippen LogP contribution < -0.4 is 0 Å². The fourth-order valence-corrected chi connectivity index (χ4v) is 0. The Hall–Kier alpha value is 1.32. The van der Waals surface area contributed by atoms with E-state index in [9.17, 15) is 0 Å². The first-order chi connectivity index (χ1) is 0. The normalized spacial score (nSPS) is 0. The molecule has 0 aliphatic heterocycles. The smallest absolute Gasteiger partial charge is 2.00 e. The van der Waals surface area contributed by atoms with Crippen LogP contribution in [-0.2, 0) is 60.4 Å². The van der Waals surface area contributed by atoms with Crippen molar-refractivity contribution < 1.29 is 71.4 Å². The van der Waals surface area contributed by atoms with Crippen molar-refractivity contribution in [3.8, 4) is 0 Å². The molecule has 7 heteroatoms. The minimum absolute atomic E-state index is 0. The molecule has 0 radical (unpaired) electrons. The zero-order valence-electron chi connectivity index (χ0n) is 2.66. The Morgan fingerprint density at radius 2 is 0.429 bits per heavy atom. The van der Waals surface area contributed by atoms with E-state index in [4.69, 9.17) is 0 Å². The maximum Gasteiger partial charge on any atom is 2.00 e. The zero-order chi connectivity index (χ0) is 0. The van der Waals surface area contributed by atoms with E-state index < -0.39 is 0 Å². The van der Waals surface area contributed by atoms with Crippen molar-refractivity contribution in [2.24, 2.45) is 0 Å². The fraction of sp³-hybridized carbons (Fsp3) is 0. The molecule has 0 aromatic rings. The molecule has 0 fully saturated rings. The molecule has 0 amide bonds. The summed E-state index contributed by atoms with van der Waals surface area (Å²) in [5.74, 6) is 0. The Bertz CT molecular complexity index is 6.90. The first-order valence-corrected chi connectivity index (χ1v) is 0. The summed E-state index contributed by atoms with van der Waals surface area (Å²) >= 11 is 0. The van der Waals surface area contributed by atoms with E-state index in [0.717, 1.165) is 0 Å². The van der Waals surface area contributed by atoms with Gasteiger partial charge >= 0.3 is 49.5 Å². The standard InChI is InChI=1S/3Ni.2H2O.2O/h;;;2*1H2;;/q3*+2;;;2*-2/p-2. The molecule has 0 aromatic carbocycles. The molecule has 0 saturated heterocycles. The molecule has 0 heterocycles. The summed E-state index contributed by atoms with van der Waals surface area (Å²) in [6.45, 7) is 0. The van der Waals surface area contributed by atoms with Crippen LogP contribution in [0.2, 0.25) is 0 Å². The Labute approximate surface area is 71.4 Å². The van der Waals surface area contributed by atoms with Crippen LogP contribution in [0.3, 0.4) is 0 Å². The van der Waals surface area contributed by atoms with Crippen molar-refractivity contribution in [3.63, 3.8) is 0 Å². The van der Waals surface area contributed by atoms with Gasteiger partial charge in [0.2, 0.25) is 0 Å². The van der Waals surface area contributed by atoms with Gasteiger partial charge in [0.1, 0.15) is 0 Å². The molecule has 7 heavy (non-hydrogen) atoms. The molecule has 0 aromatic heterocycles. The maximum absolute atomic E-state index is 0. The second kappa shape index (κ2) is 168. The molecule has 0 saturated carbocycles. The van der Waals surface area contributed by atoms with Crippen molar-refractivity contribution in [2.75, 3.05) is 0 Å². The summed E-state index contributed by atoms with van der Waals surface area (Å²) in [5, 5.41) is 0. The summed E-state index contributed by atoms with van der Waals surface area (Å²) in [4.78, 5) is 0. The molecule has 0 rings (SSSR count). The molecule has 0 bridgehead atoms. The summed E-state index contributed by atoms with van der Waals surface area (Å²) in [7, 11) is 0. The molecule has 0 aliphatic carbocycles. The molecule has 4 nitrogen and oxygen atoms in total. The minimum Gasteiger partial charge on any atom is -2.00 e. The Morgan fingerprint density at radius 1 is 0.429 bits per heavy atom. The fourth-order valence-electron chi connectivity index (χ4n) is 0. The van der Waals surface area contributed by atoms with Gasteiger partial charge in [0.05, 0.1) is 0 Å². The van der Waals surface area contributed by atoms with Gasteiger partial charge in [-0.15, -0.1) is 0 Å². The van der Waals surface area contributed by atoms with Crippen LogP contribution in [-0.4, -0.2) is 11.0 Å². The second-order valence-electron chi connectivity index (χ2n) is 0. The van der Waals surface area contributed by atoms with Gasteiger partial charge in [0, 0.05) is 0 Å². The Morgan fingerprint density at radius 3 is 0.429 bits per heavy atom. The number of hydrogen-bond acceptors (Lipinski definition) is 2. The third-order valence-corrected chi connectivity index (χ3v) is 0. The topological polar surface area (TPSA) is 117 Å². The first-order valence-electron chi connectivity index (χ1n) is 0. The van der Waals surface area contributed by atoms with Crippen molar-refractivity contribution >= 4 is 0 Å². The van der Waals surface area contributed by atoms with Crippen molar-refractivity contribution in [3.05, 3.63) is 0 Å². The largest absolute Gasteiger partial charge is 2.00 e. The van der Waals surface area contributed by atoms with Gasteiger partial charge in [-0.05, 0) is 0 Å². The maximum atomic E-state index is 0. The van der Waals surface area contributed by atoms with Crippen molar-refractivity contribution in [1.82, 2.24) is 0 Å². The molecule has 56 valence electrons. The first kappa shape index (κ1) is 256. The Balaban J connectivity index is 0. The summed E-state index contributed by atoms with van der Waals surface area (Å²) < 4.78 is 0. The van der Waals surface area contributed by atoms with Gasteiger partial charge in [0.25, 0.3) is 0 Å².